The van der Waals surface area contributed by atoms with Gasteiger partial charge in [-0.15, -0.1) is 0 Å². The number of nitrogens with two attached hydrogens (primary N) is 1. The topological polar surface area (TPSA) is 72.2 Å². The van der Waals surface area contributed by atoms with Crippen LogP contribution >= 0.6 is 0 Å². The van der Waals surface area contributed by atoms with Gasteiger partial charge in [-0.25, -0.2) is 22.0 Å². The second-order valence-corrected chi connectivity index (χ2v) is 5.06. The van der Waals surface area contributed by atoms with Crippen molar-refractivity contribution in [1.29, 1.82) is 0 Å². The van der Waals surface area contributed by atoms with Crippen molar-refractivity contribution in [3.05, 3.63) is 70.5 Å². The Kier molecular flexibility index (Phi) is 5.35. The summed E-state index contributed by atoms with van der Waals surface area (Å²) in [4.78, 5) is 23.4. The average Bonchev–Trinajstić information content (AvgIpc) is 2.58. The van der Waals surface area contributed by atoms with Crippen LogP contribution in [0.2, 0.25) is 0 Å². The van der Waals surface area contributed by atoms with E-state index in [0.29, 0.717) is 5.56 Å². The summed E-state index contributed by atoms with van der Waals surface area (Å²) >= 11 is 0. The third-order valence-electron chi connectivity index (χ3n) is 3.37. The first-order valence-electron chi connectivity index (χ1n) is 6.89. The van der Waals surface area contributed by atoms with Gasteiger partial charge in [-0.1, -0.05) is 30.3 Å². The molecule has 2 rings (SSSR count). The predicted octanol–water partition coefficient (Wildman–Crippen LogP) is 2.21. The molecule has 4 nitrogen and oxygen atoms in total. The highest BCUT2D eigenvalue weighted by Crippen LogP contribution is 2.23. The Bertz CT molecular complexity index is 798. The van der Waals surface area contributed by atoms with Crippen molar-refractivity contribution in [3.63, 3.8) is 0 Å². The van der Waals surface area contributed by atoms with E-state index < -0.39 is 52.5 Å². The Morgan fingerprint density at radius 2 is 1.36 bits per heavy atom. The highest BCUT2D eigenvalue weighted by molar-refractivity contribution is 5.97. The molecular formula is C16H11F5N2O2. The number of nitrogens with one attached hydrogen (secondary N) is 1. The number of amides is 2. The second kappa shape index (κ2) is 7.29. The Morgan fingerprint density at radius 3 is 1.84 bits per heavy atom. The van der Waals surface area contributed by atoms with Gasteiger partial charge in [0.05, 0.1) is 0 Å². The molecule has 132 valence electrons. The maximum absolute atomic E-state index is 13.6. The van der Waals surface area contributed by atoms with E-state index in [1.807, 2.05) is 5.32 Å². The molecule has 0 spiro atoms. The van der Waals surface area contributed by atoms with Crippen molar-refractivity contribution in [2.75, 3.05) is 0 Å². The summed E-state index contributed by atoms with van der Waals surface area (Å²) in [6.45, 7) is 0. The zero-order valence-electron chi connectivity index (χ0n) is 12.5. The zero-order chi connectivity index (χ0) is 18.7. The largest absolute Gasteiger partial charge is 0.368 e. The normalized spacial score (nSPS) is 11.9. The van der Waals surface area contributed by atoms with Crippen LogP contribution in [-0.2, 0) is 11.2 Å². The van der Waals surface area contributed by atoms with E-state index in [1.54, 1.807) is 30.3 Å². The highest BCUT2D eigenvalue weighted by atomic mass is 19.2. The van der Waals surface area contributed by atoms with E-state index >= 15 is 0 Å². The third-order valence-corrected chi connectivity index (χ3v) is 3.37. The molecule has 3 N–H and O–H groups in total. The highest BCUT2D eigenvalue weighted by Gasteiger charge is 2.31. The smallest absolute Gasteiger partial charge is 0.258 e. The number of hydrogen-bond acceptors (Lipinski definition) is 2. The molecule has 0 radical (unpaired) electrons. The summed E-state index contributed by atoms with van der Waals surface area (Å²) in [6, 6.07) is 6.75. The van der Waals surface area contributed by atoms with Crippen molar-refractivity contribution in [2.45, 2.75) is 12.5 Å². The fourth-order valence-electron chi connectivity index (χ4n) is 2.11. The minimum absolute atomic E-state index is 0.128. The first-order valence-corrected chi connectivity index (χ1v) is 6.89. The van der Waals surface area contributed by atoms with Crippen LogP contribution in [0, 0.1) is 29.1 Å². The van der Waals surface area contributed by atoms with Crippen molar-refractivity contribution >= 4 is 11.8 Å². The van der Waals surface area contributed by atoms with E-state index in [0.717, 1.165) is 0 Å². The van der Waals surface area contributed by atoms with Crippen LogP contribution < -0.4 is 11.1 Å². The predicted molar refractivity (Wildman–Crippen MR) is 76.8 cm³/mol. The summed E-state index contributed by atoms with van der Waals surface area (Å²) in [6.07, 6.45) is -0.128. The summed E-state index contributed by atoms with van der Waals surface area (Å²) in [7, 11) is 0. The average molecular weight is 358 g/mol. The standard InChI is InChI=1S/C16H11F5N2O2/c17-10-9(11(18)13(20)14(21)12(10)19)16(25)23-8(15(22)24)6-7-4-2-1-3-5-7/h1-5,8H,6H2,(H2,22,24)(H,23,25)/t8-/m0/s1. The van der Waals surface area contributed by atoms with Crippen molar-refractivity contribution in [2.24, 2.45) is 5.73 Å². The molecule has 0 aliphatic carbocycles. The van der Waals surface area contributed by atoms with E-state index in [4.69, 9.17) is 5.73 Å². The lowest BCUT2D eigenvalue weighted by atomic mass is 10.0. The van der Waals surface area contributed by atoms with E-state index in [1.165, 1.54) is 0 Å². The second-order valence-electron chi connectivity index (χ2n) is 5.06. The Morgan fingerprint density at radius 1 is 0.880 bits per heavy atom. The van der Waals surface area contributed by atoms with Gasteiger partial charge in [0.2, 0.25) is 11.7 Å². The maximum Gasteiger partial charge on any atom is 0.258 e. The van der Waals surface area contributed by atoms with Crippen molar-refractivity contribution < 1.29 is 31.5 Å². The number of carbonyl (C=O) groups excluding carboxylic acids is 2. The summed E-state index contributed by atoms with van der Waals surface area (Å²) in [5.41, 5.74) is 4.00. The molecule has 0 saturated heterocycles. The summed E-state index contributed by atoms with van der Waals surface area (Å²) in [5, 5.41) is 1.89. The van der Waals surface area contributed by atoms with Crippen molar-refractivity contribution in [1.82, 2.24) is 5.32 Å². The van der Waals surface area contributed by atoms with Crippen LogP contribution in [0.25, 0.3) is 0 Å². The van der Waals surface area contributed by atoms with Gasteiger partial charge in [0.15, 0.2) is 23.3 Å². The van der Waals surface area contributed by atoms with Crippen LogP contribution in [0.4, 0.5) is 22.0 Å². The van der Waals surface area contributed by atoms with Gasteiger partial charge < -0.3 is 11.1 Å². The molecule has 0 aliphatic heterocycles. The number of halogens is 5. The Balaban J connectivity index is 2.32. The van der Waals surface area contributed by atoms with Gasteiger partial charge in [0, 0.05) is 6.42 Å². The van der Waals surface area contributed by atoms with Crippen LogP contribution in [0.15, 0.2) is 30.3 Å². The third kappa shape index (κ3) is 3.76. The lowest BCUT2D eigenvalue weighted by Gasteiger charge is -2.16. The van der Waals surface area contributed by atoms with E-state index in [9.17, 15) is 31.5 Å². The monoisotopic (exact) mass is 358 g/mol. The molecule has 9 heteroatoms. The van der Waals surface area contributed by atoms with Gasteiger partial charge in [-0.05, 0) is 5.56 Å². The molecule has 0 heterocycles. The number of carbonyl (C=O) groups is 2. The minimum atomic E-state index is -2.39. The van der Waals surface area contributed by atoms with Gasteiger partial charge in [-0.3, -0.25) is 9.59 Å². The number of hydrogen-bond donors (Lipinski definition) is 2. The fraction of sp³-hybridized carbons (Fsp3) is 0.125. The molecule has 2 aromatic carbocycles. The molecule has 0 aromatic heterocycles. The quantitative estimate of drug-likeness (QED) is 0.489. The molecule has 0 unspecified atom stereocenters. The molecule has 2 amide bonds. The number of benzene rings is 2. The van der Waals surface area contributed by atoms with Crippen LogP contribution in [0.3, 0.4) is 0 Å². The number of rotatable bonds is 5. The lowest BCUT2D eigenvalue weighted by molar-refractivity contribution is -0.119. The number of primary amides is 1. The first kappa shape index (κ1) is 18.4. The fourth-order valence-corrected chi connectivity index (χ4v) is 2.11. The molecule has 0 fully saturated rings. The Hall–Kier alpha value is -2.97. The first-order chi connectivity index (χ1) is 11.7. The minimum Gasteiger partial charge on any atom is -0.368 e. The SMILES string of the molecule is NC(=O)[C@H](Cc1ccccc1)NC(=O)c1c(F)c(F)c(F)c(F)c1F. The van der Waals surface area contributed by atoms with Gasteiger partial charge in [0.1, 0.15) is 11.6 Å². The molecular weight excluding hydrogens is 347 g/mol. The van der Waals surface area contributed by atoms with Gasteiger partial charge in [0.25, 0.3) is 5.91 Å². The Labute approximate surface area is 138 Å². The van der Waals surface area contributed by atoms with Crippen molar-refractivity contribution in [3.8, 4) is 0 Å². The van der Waals surface area contributed by atoms with E-state index in [-0.39, 0.29) is 6.42 Å². The molecule has 1 atom stereocenters. The van der Waals surface area contributed by atoms with Crippen LogP contribution in [-0.4, -0.2) is 17.9 Å². The van der Waals surface area contributed by atoms with Gasteiger partial charge in [-0.2, -0.15) is 0 Å². The molecule has 25 heavy (non-hydrogen) atoms. The molecule has 0 bridgehead atoms. The molecule has 0 aliphatic rings. The lowest BCUT2D eigenvalue weighted by Crippen LogP contribution is -2.46. The zero-order valence-corrected chi connectivity index (χ0v) is 12.5. The summed E-state index contributed by atoms with van der Waals surface area (Å²) < 4.78 is 66.6. The molecule has 0 saturated carbocycles. The van der Waals surface area contributed by atoms with E-state index in [2.05, 4.69) is 0 Å². The van der Waals surface area contributed by atoms with Gasteiger partial charge >= 0.3 is 0 Å². The summed E-state index contributed by atoms with van der Waals surface area (Å²) in [5.74, 6) is -14.2. The van der Waals surface area contributed by atoms with Crippen LogP contribution in [0.5, 0.6) is 0 Å². The molecule has 2 aromatic rings. The van der Waals surface area contributed by atoms with Crippen LogP contribution in [0.1, 0.15) is 15.9 Å². The maximum atomic E-state index is 13.6.